The molecule has 4 heteroatoms. The van der Waals surface area contributed by atoms with Crippen molar-refractivity contribution in [3.8, 4) is 5.75 Å². The minimum absolute atomic E-state index is 0.0961. The van der Waals surface area contributed by atoms with Gasteiger partial charge in [-0.15, -0.1) is 0 Å². The minimum Gasteiger partial charge on any atom is -0.494 e. The Morgan fingerprint density at radius 3 is 2.95 bits per heavy atom. The van der Waals surface area contributed by atoms with E-state index in [1.165, 1.54) is 12.8 Å². The zero-order valence-electron chi connectivity index (χ0n) is 11.6. The second kappa shape index (κ2) is 6.45. The van der Waals surface area contributed by atoms with E-state index in [4.69, 9.17) is 4.74 Å². The average molecular weight is 262 g/mol. The van der Waals surface area contributed by atoms with Crippen LogP contribution in [0.2, 0.25) is 0 Å². The van der Waals surface area contributed by atoms with Crippen LogP contribution in [-0.2, 0) is 6.54 Å². The van der Waals surface area contributed by atoms with Gasteiger partial charge in [0.25, 0.3) is 0 Å². The first-order valence-corrected chi connectivity index (χ1v) is 6.95. The first-order valence-electron chi connectivity index (χ1n) is 6.95. The summed E-state index contributed by atoms with van der Waals surface area (Å²) in [6, 6.07) is 7.96. The van der Waals surface area contributed by atoms with E-state index in [1.54, 1.807) is 0 Å². The molecule has 2 rings (SSSR count). The van der Waals surface area contributed by atoms with Crippen LogP contribution in [0.25, 0.3) is 0 Å². The molecule has 1 aromatic rings. The van der Waals surface area contributed by atoms with Crippen molar-refractivity contribution < 1.29 is 9.53 Å². The maximum absolute atomic E-state index is 11.7. The lowest BCUT2D eigenvalue weighted by atomic mass is 10.2. The second-order valence-electron chi connectivity index (χ2n) is 5.03. The van der Waals surface area contributed by atoms with E-state index in [9.17, 15) is 4.79 Å². The third kappa shape index (κ3) is 4.47. The predicted molar refractivity (Wildman–Crippen MR) is 75.2 cm³/mol. The Morgan fingerprint density at radius 2 is 2.26 bits per heavy atom. The fourth-order valence-corrected chi connectivity index (χ4v) is 2.07. The highest BCUT2D eigenvalue weighted by atomic mass is 16.5. The Kier molecular flexibility index (Phi) is 4.66. The highest BCUT2D eigenvalue weighted by molar-refractivity contribution is 5.74. The van der Waals surface area contributed by atoms with Crippen molar-refractivity contribution in [1.29, 1.82) is 0 Å². The molecule has 0 bridgehead atoms. The van der Waals surface area contributed by atoms with Crippen LogP contribution >= 0.6 is 0 Å². The molecule has 0 spiro atoms. The van der Waals surface area contributed by atoms with Gasteiger partial charge in [-0.05, 0) is 50.3 Å². The molecular formula is C15H22N2O2. The summed E-state index contributed by atoms with van der Waals surface area (Å²) in [7, 11) is 0. The van der Waals surface area contributed by atoms with Crippen LogP contribution in [0.15, 0.2) is 24.3 Å². The molecule has 1 aliphatic rings. The van der Waals surface area contributed by atoms with Gasteiger partial charge < -0.3 is 15.4 Å². The topological polar surface area (TPSA) is 50.4 Å². The standard InChI is InChI=1S/C15H22N2O2/c1-3-19-14-6-4-5-12(9-14)10-16-15(18)17-11(2)13-7-8-13/h4-6,9,11,13H,3,7-8,10H2,1-2H3,(H2,16,17,18). The van der Waals surface area contributed by atoms with Gasteiger partial charge in [0, 0.05) is 12.6 Å². The number of ether oxygens (including phenoxy) is 1. The van der Waals surface area contributed by atoms with Crippen LogP contribution in [0.1, 0.15) is 32.3 Å². The molecule has 104 valence electrons. The van der Waals surface area contributed by atoms with Crippen LogP contribution in [0.4, 0.5) is 4.79 Å². The van der Waals surface area contributed by atoms with Crippen LogP contribution in [0, 0.1) is 5.92 Å². The Morgan fingerprint density at radius 1 is 1.47 bits per heavy atom. The summed E-state index contributed by atoms with van der Waals surface area (Å²) in [4.78, 5) is 11.7. The lowest BCUT2D eigenvalue weighted by Crippen LogP contribution is -2.41. The maximum Gasteiger partial charge on any atom is 0.315 e. The lowest BCUT2D eigenvalue weighted by molar-refractivity contribution is 0.236. The van der Waals surface area contributed by atoms with Gasteiger partial charge in [-0.25, -0.2) is 4.79 Å². The largest absolute Gasteiger partial charge is 0.494 e. The summed E-state index contributed by atoms with van der Waals surface area (Å²) in [6.45, 7) is 5.19. The van der Waals surface area contributed by atoms with Crippen molar-refractivity contribution in [3.63, 3.8) is 0 Å². The highest BCUT2D eigenvalue weighted by Gasteiger charge is 2.28. The van der Waals surface area contributed by atoms with Crippen molar-refractivity contribution >= 4 is 6.03 Å². The van der Waals surface area contributed by atoms with E-state index in [0.29, 0.717) is 19.1 Å². The molecule has 19 heavy (non-hydrogen) atoms. The number of rotatable bonds is 6. The molecule has 1 saturated carbocycles. The molecule has 0 heterocycles. The van der Waals surface area contributed by atoms with Gasteiger partial charge in [0.05, 0.1) is 6.61 Å². The molecule has 0 aliphatic heterocycles. The highest BCUT2D eigenvalue weighted by Crippen LogP contribution is 2.32. The number of nitrogens with one attached hydrogen (secondary N) is 2. The van der Waals surface area contributed by atoms with Gasteiger partial charge in [0.2, 0.25) is 0 Å². The summed E-state index contributed by atoms with van der Waals surface area (Å²) in [5.74, 6) is 1.51. The fourth-order valence-electron chi connectivity index (χ4n) is 2.07. The fraction of sp³-hybridized carbons (Fsp3) is 0.533. The number of hydrogen-bond donors (Lipinski definition) is 2. The monoisotopic (exact) mass is 262 g/mol. The van der Waals surface area contributed by atoms with E-state index in [0.717, 1.165) is 11.3 Å². The van der Waals surface area contributed by atoms with Gasteiger partial charge in [0.15, 0.2) is 0 Å². The lowest BCUT2D eigenvalue weighted by Gasteiger charge is -2.14. The van der Waals surface area contributed by atoms with E-state index < -0.39 is 0 Å². The van der Waals surface area contributed by atoms with Crippen molar-refractivity contribution in [2.75, 3.05) is 6.61 Å². The number of benzene rings is 1. The van der Waals surface area contributed by atoms with Crippen molar-refractivity contribution in [2.45, 2.75) is 39.3 Å². The molecule has 4 nitrogen and oxygen atoms in total. The Labute approximate surface area is 114 Å². The molecule has 0 radical (unpaired) electrons. The van der Waals surface area contributed by atoms with Crippen LogP contribution in [0.5, 0.6) is 5.75 Å². The van der Waals surface area contributed by atoms with Crippen LogP contribution in [0.3, 0.4) is 0 Å². The van der Waals surface area contributed by atoms with E-state index in [-0.39, 0.29) is 12.1 Å². The van der Waals surface area contributed by atoms with Crippen molar-refractivity contribution in [3.05, 3.63) is 29.8 Å². The Hall–Kier alpha value is -1.71. The number of hydrogen-bond acceptors (Lipinski definition) is 2. The van der Waals surface area contributed by atoms with Gasteiger partial charge in [-0.2, -0.15) is 0 Å². The third-order valence-electron chi connectivity index (χ3n) is 3.35. The quantitative estimate of drug-likeness (QED) is 0.828. The number of amides is 2. The first kappa shape index (κ1) is 13.7. The van der Waals surface area contributed by atoms with Gasteiger partial charge in [-0.3, -0.25) is 0 Å². The summed E-state index contributed by atoms with van der Waals surface area (Å²) >= 11 is 0. The van der Waals surface area contributed by atoms with E-state index in [1.807, 2.05) is 31.2 Å². The molecule has 2 amide bonds. The van der Waals surface area contributed by atoms with E-state index >= 15 is 0 Å². The molecule has 2 N–H and O–H groups in total. The third-order valence-corrected chi connectivity index (χ3v) is 3.35. The SMILES string of the molecule is CCOc1cccc(CNC(=O)NC(C)C2CC2)c1. The molecular weight excluding hydrogens is 240 g/mol. The van der Waals surface area contributed by atoms with E-state index in [2.05, 4.69) is 17.6 Å². The molecule has 1 unspecified atom stereocenters. The summed E-state index contributed by atoms with van der Waals surface area (Å²) in [5, 5.41) is 5.85. The summed E-state index contributed by atoms with van der Waals surface area (Å²) in [5.41, 5.74) is 1.04. The summed E-state index contributed by atoms with van der Waals surface area (Å²) < 4.78 is 5.43. The molecule has 1 atom stereocenters. The molecule has 0 aromatic heterocycles. The Balaban J connectivity index is 1.77. The number of carbonyl (C=O) groups is 1. The first-order chi connectivity index (χ1) is 9.19. The maximum atomic E-state index is 11.7. The van der Waals surface area contributed by atoms with Gasteiger partial charge >= 0.3 is 6.03 Å². The normalized spacial score (nSPS) is 15.7. The zero-order valence-corrected chi connectivity index (χ0v) is 11.6. The van der Waals surface area contributed by atoms with Gasteiger partial charge in [0.1, 0.15) is 5.75 Å². The second-order valence-corrected chi connectivity index (χ2v) is 5.03. The molecule has 1 fully saturated rings. The summed E-state index contributed by atoms with van der Waals surface area (Å²) in [6.07, 6.45) is 2.47. The van der Waals surface area contributed by atoms with Crippen molar-refractivity contribution in [2.24, 2.45) is 5.92 Å². The smallest absolute Gasteiger partial charge is 0.315 e. The minimum atomic E-state index is -0.0961. The Bertz CT molecular complexity index is 430. The molecule has 1 aromatic carbocycles. The number of urea groups is 1. The van der Waals surface area contributed by atoms with Crippen LogP contribution in [-0.4, -0.2) is 18.7 Å². The zero-order chi connectivity index (χ0) is 13.7. The molecule has 1 aliphatic carbocycles. The van der Waals surface area contributed by atoms with Gasteiger partial charge in [-0.1, -0.05) is 12.1 Å². The van der Waals surface area contributed by atoms with Crippen LogP contribution < -0.4 is 15.4 Å². The predicted octanol–water partition coefficient (Wildman–Crippen LogP) is 2.68. The van der Waals surface area contributed by atoms with Crippen molar-refractivity contribution in [1.82, 2.24) is 10.6 Å². The molecule has 0 saturated heterocycles. The number of carbonyl (C=O) groups excluding carboxylic acids is 1. The average Bonchev–Trinajstić information content (AvgIpc) is 3.21.